The molecule has 2 rings (SSSR count). The van der Waals surface area contributed by atoms with Crippen LogP contribution in [0.2, 0.25) is 0 Å². The van der Waals surface area contributed by atoms with Crippen molar-refractivity contribution in [2.24, 2.45) is 0 Å². The summed E-state index contributed by atoms with van der Waals surface area (Å²) in [5, 5.41) is 3.09. The summed E-state index contributed by atoms with van der Waals surface area (Å²) in [6, 6.07) is 9.72. The number of alkyl halides is 2. The van der Waals surface area contributed by atoms with Gasteiger partial charge in [-0.1, -0.05) is 18.2 Å². The first-order valence-electron chi connectivity index (χ1n) is 6.57. The van der Waals surface area contributed by atoms with Gasteiger partial charge in [0.2, 0.25) is 0 Å². The lowest BCUT2D eigenvalue weighted by molar-refractivity contribution is -0.0504. The molecule has 4 nitrogen and oxygen atoms in total. The van der Waals surface area contributed by atoms with E-state index in [4.69, 9.17) is 0 Å². The summed E-state index contributed by atoms with van der Waals surface area (Å²) < 4.78 is 30.7. The van der Waals surface area contributed by atoms with Crippen LogP contribution in [-0.4, -0.2) is 11.2 Å². The van der Waals surface area contributed by atoms with Crippen LogP contribution in [0.3, 0.4) is 0 Å². The van der Waals surface area contributed by atoms with Crippen molar-refractivity contribution >= 4 is 5.69 Å². The van der Waals surface area contributed by atoms with Crippen molar-refractivity contribution in [1.82, 2.24) is 4.57 Å². The molecule has 0 unspecified atom stereocenters. The van der Waals surface area contributed by atoms with Gasteiger partial charge in [-0.25, -0.2) is 0 Å². The molecule has 0 atom stereocenters. The van der Waals surface area contributed by atoms with Crippen molar-refractivity contribution in [3.8, 4) is 5.75 Å². The Bertz CT molecular complexity index is 656. The fourth-order valence-electron chi connectivity index (χ4n) is 1.94. The van der Waals surface area contributed by atoms with E-state index in [-0.39, 0.29) is 11.3 Å². The fraction of sp³-hybridized carbons (Fsp3) is 0.267. The van der Waals surface area contributed by atoms with E-state index >= 15 is 0 Å². The molecular weight excluding hydrogens is 278 g/mol. The molecule has 1 heterocycles. The third-order valence-corrected chi connectivity index (χ3v) is 3.00. The fourth-order valence-corrected chi connectivity index (χ4v) is 1.94. The number of aryl methyl sites for hydroxylation is 1. The van der Waals surface area contributed by atoms with Gasteiger partial charge in [0.15, 0.2) is 0 Å². The van der Waals surface area contributed by atoms with Gasteiger partial charge in [-0.3, -0.25) is 4.79 Å². The average Bonchev–Trinajstić information content (AvgIpc) is 2.47. The Morgan fingerprint density at radius 2 is 2.00 bits per heavy atom. The van der Waals surface area contributed by atoms with E-state index in [0.29, 0.717) is 18.7 Å². The van der Waals surface area contributed by atoms with Crippen LogP contribution in [0.5, 0.6) is 5.75 Å². The number of para-hydroxylation sites is 1. The lowest BCUT2D eigenvalue weighted by Gasteiger charge is -2.12. The molecule has 0 bridgehead atoms. The van der Waals surface area contributed by atoms with Crippen molar-refractivity contribution < 1.29 is 13.5 Å². The second-order valence-electron chi connectivity index (χ2n) is 4.38. The number of anilines is 1. The molecule has 0 aliphatic rings. The van der Waals surface area contributed by atoms with Crippen LogP contribution >= 0.6 is 0 Å². The van der Waals surface area contributed by atoms with E-state index in [9.17, 15) is 13.6 Å². The van der Waals surface area contributed by atoms with Gasteiger partial charge in [0.05, 0.1) is 5.69 Å². The normalized spacial score (nSPS) is 10.7. The molecule has 0 radical (unpaired) electrons. The number of nitrogens with one attached hydrogen (secondary N) is 1. The van der Waals surface area contributed by atoms with Gasteiger partial charge in [0, 0.05) is 30.9 Å². The van der Waals surface area contributed by atoms with Crippen molar-refractivity contribution in [3.63, 3.8) is 0 Å². The highest BCUT2D eigenvalue weighted by Crippen LogP contribution is 2.21. The highest BCUT2D eigenvalue weighted by molar-refractivity contribution is 5.43. The summed E-state index contributed by atoms with van der Waals surface area (Å²) >= 11 is 0. The number of nitrogens with zero attached hydrogens (tertiary/aromatic N) is 1. The number of aromatic nitrogens is 1. The molecule has 0 spiro atoms. The smallest absolute Gasteiger partial charge is 0.387 e. The Balaban J connectivity index is 2.11. The molecule has 1 aromatic carbocycles. The van der Waals surface area contributed by atoms with Crippen LogP contribution in [0.25, 0.3) is 0 Å². The van der Waals surface area contributed by atoms with Gasteiger partial charge in [-0.2, -0.15) is 8.78 Å². The molecule has 0 saturated carbocycles. The number of rotatable bonds is 6. The molecule has 0 aliphatic heterocycles. The number of hydrogen-bond acceptors (Lipinski definition) is 3. The summed E-state index contributed by atoms with van der Waals surface area (Å²) in [5.74, 6) is 0.142. The first-order chi connectivity index (χ1) is 10.1. The molecular formula is C15H16F2N2O2. The van der Waals surface area contributed by atoms with Gasteiger partial charge in [-0.05, 0) is 19.1 Å². The predicted molar refractivity (Wildman–Crippen MR) is 76.8 cm³/mol. The summed E-state index contributed by atoms with van der Waals surface area (Å²) in [4.78, 5) is 11.5. The maximum atomic E-state index is 12.3. The minimum Gasteiger partial charge on any atom is -0.434 e. The number of ether oxygens (including phenoxy) is 1. The SMILES string of the molecule is CCn1cc(NCc2ccccc2OC(F)F)ccc1=O. The molecule has 1 aromatic heterocycles. The Morgan fingerprint density at radius 3 is 2.71 bits per heavy atom. The van der Waals surface area contributed by atoms with Crippen molar-refractivity contribution in [3.05, 3.63) is 58.5 Å². The first kappa shape index (κ1) is 15.0. The lowest BCUT2D eigenvalue weighted by Crippen LogP contribution is -2.18. The second kappa shape index (κ2) is 6.88. The Morgan fingerprint density at radius 1 is 1.24 bits per heavy atom. The summed E-state index contributed by atoms with van der Waals surface area (Å²) in [7, 11) is 0. The number of hydrogen-bond donors (Lipinski definition) is 1. The highest BCUT2D eigenvalue weighted by atomic mass is 19.3. The largest absolute Gasteiger partial charge is 0.434 e. The van der Waals surface area contributed by atoms with Crippen molar-refractivity contribution in [2.75, 3.05) is 5.32 Å². The van der Waals surface area contributed by atoms with E-state index < -0.39 is 6.61 Å². The zero-order chi connectivity index (χ0) is 15.2. The zero-order valence-corrected chi connectivity index (χ0v) is 11.6. The molecule has 2 aromatic rings. The number of benzene rings is 1. The predicted octanol–water partition coefficient (Wildman–Crippen LogP) is 3.08. The second-order valence-corrected chi connectivity index (χ2v) is 4.38. The zero-order valence-electron chi connectivity index (χ0n) is 11.6. The summed E-state index contributed by atoms with van der Waals surface area (Å²) in [6.45, 7) is -0.0885. The monoisotopic (exact) mass is 294 g/mol. The van der Waals surface area contributed by atoms with Crippen LogP contribution < -0.4 is 15.6 Å². The molecule has 6 heteroatoms. The van der Waals surface area contributed by atoms with Crippen LogP contribution in [0.1, 0.15) is 12.5 Å². The molecule has 1 N–H and O–H groups in total. The van der Waals surface area contributed by atoms with Crippen LogP contribution in [0, 0.1) is 0 Å². The van der Waals surface area contributed by atoms with Gasteiger partial charge in [0.25, 0.3) is 5.56 Å². The molecule has 0 aliphatic carbocycles. The molecule has 0 amide bonds. The van der Waals surface area contributed by atoms with E-state index in [1.165, 1.54) is 12.1 Å². The molecule has 0 fully saturated rings. The number of halogens is 2. The van der Waals surface area contributed by atoms with Crippen molar-refractivity contribution in [2.45, 2.75) is 26.6 Å². The standard InChI is InChI=1S/C15H16F2N2O2/c1-2-19-10-12(7-8-14(19)20)18-9-11-5-3-4-6-13(11)21-15(16)17/h3-8,10,15,18H,2,9H2,1H3. The van der Waals surface area contributed by atoms with E-state index in [1.54, 1.807) is 35.0 Å². The lowest BCUT2D eigenvalue weighted by atomic mass is 10.2. The minimum atomic E-state index is -2.85. The summed E-state index contributed by atoms with van der Waals surface area (Å²) in [6.07, 6.45) is 1.69. The van der Waals surface area contributed by atoms with Gasteiger partial charge in [0.1, 0.15) is 5.75 Å². The quantitative estimate of drug-likeness (QED) is 0.890. The van der Waals surface area contributed by atoms with Crippen molar-refractivity contribution in [1.29, 1.82) is 0 Å². The van der Waals surface area contributed by atoms with Gasteiger partial charge < -0.3 is 14.6 Å². The van der Waals surface area contributed by atoms with E-state index in [0.717, 1.165) is 5.69 Å². The Kier molecular flexibility index (Phi) is 4.92. The summed E-state index contributed by atoms with van der Waals surface area (Å²) in [5.41, 5.74) is 1.28. The first-order valence-corrected chi connectivity index (χ1v) is 6.57. The van der Waals surface area contributed by atoms with Gasteiger partial charge in [-0.15, -0.1) is 0 Å². The third-order valence-electron chi connectivity index (χ3n) is 3.00. The maximum Gasteiger partial charge on any atom is 0.387 e. The minimum absolute atomic E-state index is 0.0792. The molecule has 112 valence electrons. The Hall–Kier alpha value is -2.37. The maximum absolute atomic E-state index is 12.3. The van der Waals surface area contributed by atoms with Crippen LogP contribution in [0.4, 0.5) is 14.5 Å². The van der Waals surface area contributed by atoms with Crippen LogP contribution in [-0.2, 0) is 13.1 Å². The molecule has 21 heavy (non-hydrogen) atoms. The van der Waals surface area contributed by atoms with E-state index in [1.807, 2.05) is 6.92 Å². The highest BCUT2D eigenvalue weighted by Gasteiger charge is 2.08. The number of pyridine rings is 1. The third kappa shape index (κ3) is 4.05. The van der Waals surface area contributed by atoms with Gasteiger partial charge >= 0.3 is 6.61 Å². The topological polar surface area (TPSA) is 43.3 Å². The average molecular weight is 294 g/mol. The molecule has 0 saturated heterocycles. The van der Waals surface area contributed by atoms with Crippen LogP contribution in [0.15, 0.2) is 47.4 Å². The Labute approximate surface area is 121 Å². The van der Waals surface area contributed by atoms with E-state index in [2.05, 4.69) is 10.1 Å².